The monoisotopic (exact) mass is 292 g/mol. The molecule has 0 radical (unpaired) electrons. The number of nitrogens with two attached hydrogens (primary N) is 1. The molecule has 1 saturated carbocycles. The van der Waals surface area contributed by atoms with Gasteiger partial charge in [0.2, 0.25) is 0 Å². The van der Waals surface area contributed by atoms with E-state index >= 15 is 0 Å². The number of anilines is 1. The zero-order valence-electron chi connectivity index (χ0n) is 11.3. The van der Waals surface area contributed by atoms with Crippen molar-refractivity contribution < 1.29 is 13.2 Å². The SMILES string of the molecule is Nc1cccnc1C1(c2ccc(C(F)(F)F)cc2)CCC1. The average molecular weight is 292 g/mol. The third kappa shape index (κ3) is 2.26. The van der Waals surface area contributed by atoms with E-state index in [1.54, 1.807) is 30.5 Å². The maximum absolute atomic E-state index is 12.7. The number of nitrogen functional groups attached to an aromatic ring is 1. The van der Waals surface area contributed by atoms with Gasteiger partial charge >= 0.3 is 6.18 Å². The summed E-state index contributed by atoms with van der Waals surface area (Å²) in [6, 6.07) is 8.92. The van der Waals surface area contributed by atoms with Crippen molar-refractivity contribution >= 4 is 5.69 Å². The number of pyridine rings is 1. The molecule has 2 N–H and O–H groups in total. The summed E-state index contributed by atoms with van der Waals surface area (Å²) < 4.78 is 38.0. The maximum atomic E-state index is 12.7. The van der Waals surface area contributed by atoms with Crippen molar-refractivity contribution in [1.29, 1.82) is 0 Å². The Balaban J connectivity index is 2.03. The summed E-state index contributed by atoms with van der Waals surface area (Å²) in [5, 5.41) is 0. The van der Waals surface area contributed by atoms with Crippen LogP contribution in [0.4, 0.5) is 18.9 Å². The van der Waals surface area contributed by atoms with Gasteiger partial charge in [-0.25, -0.2) is 0 Å². The second-order valence-electron chi connectivity index (χ2n) is 5.45. The van der Waals surface area contributed by atoms with E-state index in [9.17, 15) is 13.2 Å². The summed E-state index contributed by atoms with van der Waals surface area (Å²) in [4.78, 5) is 4.37. The highest BCUT2D eigenvalue weighted by molar-refractivity contribution is 5.52. The topological polar surface area (TPSA) is 38.9 Å². The molecule has 0 saturated heterocycles. The lowest BCUT2D eigenvalue weighted by molar-refractivity contribution is -0.137. The van der Waals surface area contributed by atoms with Crippen molar-refractivity contribution in [3.8, 4) is 0 Å². The van der Waals surface area contributed by atoms with E-state index in [-0.39, 0.29) is 5.41 Å². The van der Waals surface area contributed by atoms with E-state index in [2.05, 4.69) is 4.98 Å². The number of alkyl halides is 3. The average Bonchev–Trinajstić information content (AvgIpc) is 2.39. The van der Waals surface area contributed by atoms with E-state index in [4.69, 9.17) is 5.73 Å². The van der Waals surface area contributed by atoms with Crippen LogP contribution in [0.3, 0.4) is 0 Å². The lowest BCUT2D eigenvalue weighted by Gasteiger charge is -2.42. The van der Waals surface area contributed by atoms with Gasteiger partial charge in [-0.3, -0.25) is 4.98 Å². The molecular formula is C16H15F3N2. The molecule has 5 heteroatoms. The normalized spacial score (nSPS) is 17.3. The highest BCUT2D eigenvalue weighted by Gasteiger charge is 2.43. The van der Waals surface area contributed by atoms with Crippen molar-refractivity contribution in [3.05, 3.63) is 59.4 Å². The van der Waals surface area contributed by atoms with E-state index in [0.717, 1.165) is 42.7 Å². The number of benzene rings is 1. The highest BCUT2D eigenvalue weighted by atomic mass is 19.4. The number of hydrogen-bond acceptors (Lipinski definition) is 2. The fourth-order valence-corrected chi connectivity index (χ4v) is 2.99. The van der Waals surface area contributed by atoms with E-state index in [1.807, 2.05) is 0 Å². The van der Waals surface area contributed by atoms with Gasteiger partial charge in [0.1, 0.15) is 0 Å². The Bertz CT molecular complexity index is 643. The molecular weight excluding hydrogens is 277 g/mol. The van der Waals surface area contributed by atoms with Gasteiger partial charge in [0.15, 0.2) is 0 Å². The summed E-state index contributed by atoms with van der Waals surface area (Å²) in [6.45, 7) is 0. The van der Waals surface area contributed by atoms with Crippen LogP contribution in [0, 0.1) is 0 Å². The first-order valence-corrected chi connectivity index (χ1v) is 6.82. The summed E-state index contributed by atoms with van der Waals surface area (Å²) in [5.41, 5.74) is 7.26. The molecule has 1 fully saturated rings. The molecule has 0 unspecified atom stereocenters. The van der Waals surface area contributed by atoms with Crippen LogP contribution in [0.25, 0.3) is 0 Å². The van der Waals surface area contributed by atoms with Crippen LogP contribution in [0.5, 0.6) is 0 Å². The lowest BCUT2D eigenvalue weighted by Crippen LogP contribution is -2.37. The molecule has 1 aliphatic carbocycles. The molecule has 0 bridgehead atoms. The van der Waals surface area contributed by atoms with Crippen LogP contribution in [-0.2, 0) is 11.6 Å². The molecule has 1 aromatic carbocycles. The fourth-order valence-electron chi connectivity index (χ4n) is 2.99. The molecule has 21 heavy (non-hydrogen) atoms. The Morgan fingerprint density at radius 3 is 2.19 bits per heavy atom. The highest BCUT2D eigenvalue weighted by Crippen LogP contribution is 2.50. The molecule has 3 rings (SSSR count). The summed E-state index contributed by atoms with van der Waals surface area (Å²) in [6.07, 6.45) is 0.112. The lowest BCUT2D eigenvalue weighted by atomic mass is 9.62. The van der Waals surface area contributed by atoms with E-state index in [0.29, 0.717) is 5.69 Å². The Morgan fingerprint density at radius 1 is 1.05 bits per heavy atom. The Hall–Kier alpha value is -2.04. The van der Waals surface area contributed by atoms with E-state index < -0.39 is 11.7 Å². The quantitative estimate of drug-likeness (QED) is 0.903. The zero-order valence-corrected chi connectivity index (χ0v) is 11.3. The summed E-state index contributed by atoms with van der Waals surface area (Å²) >= 11 is 0. The first kappa shape index (κ1) is 13.9. The van der Waals surface area contributed by atoms with Crippen LogP contribution >= 0.6 is 0 Å². The van der Waals surface area contributed by atoms with Crippen LogP contribution in [0.2, 0.25) is 0 Å². The second-order valence-corrected chi connectivity index (χ2v) is 5.45. The van der Waals surface area contributed by atoms with Gasteiger partial charge in [-0.05, 0) is 42.7 Å². The number of hydrogen-bond donors (Lipinski definition) is 1. The van der Waals surface area contributed by atoms with Gasteiger partial charge in [-0.1, -0.05) is 18.6 Å². The van der Waals surface area contributed by atoms with Crippen LogP contribution in [0.1, 0.15) is 36.1 Å². The van der Waals surface area contributed by atoms with Crippen molar-refractivity contribution in [2.24, 2.45) is 0 Å². The Morgan fingerprint density at radius 2 is 1.71 bits per heavy atom. The summed E-state index contributed by atoms with van der Waals surface area (Å²) in [7, 11) is 0. The first-order chi connectivity index (χ1) is 9.93. The Kier molecular flexibility index (Phi) is 3.15. The number of aromatic nitrogens is 1. The van der Waals surface area contributed by atoms with Crippen molar-refractivity contribution in [2.45, 2.75) is 30.9 Å². The number of nitrogens with zero attached hydrogens (tertiary/aromatic N) is 1. The molecule has 0 atom stereocenters. The zero-order chi connectivity index (χ0) is 15.1. The predicted molar refractivity (Wildman–Crippen MR) is 74.7 cm³/mol. The third-order valence-corrected chi connectivity index (χ3v) is 4.26. The minimum absolute atomic E-state index is 0.338. The van der Waals surface area contributed by atoms with Gasteiger partial charge in [0, 0.05) is 11.6 Å². The molecule has 1 aromatic heterocycles. The molecule has 110 valence electrons. The molecule has 2 nitrogen and oxygen atoms in total. The first-order valence-electron chi connectivity index (χ1n) is 6.82. The van der Waals surface area contributed by atoms with Crippen molar-refractivity contribution in [3.63, 3.8) is 0 Å². The van der Waals surface area contributed by atoms with Gasteiger partial charge in [-0.15, -0.1) is 0 Å². The molecule has 1 aliphatic rings. The van der Waals surface area contributed by atoms with Crippen molar-refractivity contribution in [1.82, 2.24) is 4.98 Å². The number of rotatable bonds is 2. The van der Waals surface area contributed by atoms with Crippen molar-refractivity contribution in [2.75, 3.05) is 5.73 Å². The summed E-state index contributed by atoms with van der Waals surface area (Å²) in [5.74, 6) is 0. The molecule has 0 spiro atoms. The Labute approximate surface area is 120 Å². The second kappa shape index (κ2) is 4.76. The van der Waals surface area contributed by atoms with Gasteiger partial charge in [0.25, 0.3) is 0 Å². The largest absolute Gasteiger partial charge is 0.416 e. The van der Waals surface area contributed by atoms with Crippen LogP contribution < -0.4 is 5.73 Å². The molecule has 0 amide bonds. The maximum Gasteiger partial charge on any atom is 0.416 e. The standard InChI is InChI=1S/C16H15F3N2/c17-16(18,19)12-6-4-11(5-7-12)15(8-2-9-15)14-13(20)3-1-10-21-14/h1,3-7,10H,2,8-9,20H2. The fraction of sp³-hybridized carbons (Fsp3) is 0.312. The number of halogens is 3. The predicted octanol–water partition coefficient (Wildman–Crippen LogP) is 4.15. The van der Waals surface area contributed by atoms with Crippen LogP contribution in [0.15, 0.2) is 42.6 Å². The molecule has 2 aromatic rings. The minimum Gasteiger partial charge on any atom is -0.397 e. The third-order valence-electron chi connectivity index (χ3n) is 4.26. The smallest absolute Gasteiger partial charge is 0.397 e. The van der Waals surface area contributed by atoms with E-state index in [1.165, 1.54) is 0 Å². The van der Waals surface area contributed by atoms with Gasteiger partial charge < -0.3 is 5.73 Å². The van der Waals surface area contributed by atoms with Gasteiger partial charge in [-0.2, -0.15) is 13.2 Å². The van der Waals surface area contributed by atoms with Crippen LogP contribution in [-0.4, -0.2) is 4.98 Å². The minimum atomic E-state index is -4.31. The molecule has 0 aliphatic heterocycles. The molecule has 1 heterocycles. The van der Waals surface area contributed by atoms with Gasteiger partial charge in [0.05, 0.1) is 16.9 Å².